The van der Waals surface area contributed by atoms with E-state index in [9.17, 15) is 0 Å². The molecule has 1 aromatic heterocycles. The van der Waals surface area contributed by atoms with Crippen LogP contribution in [0.5, 0.6) is 0 Å². The average Bonchev–Trinajstić information content (AvgIpc) is 2.50. The van der Waals surface area contributed by atoms with Crippen LogP contribution in [0.15, 0.2) is 24.4 Å². The first kappa shape index (κ1) is 7.62. The third-order valence-electron chi connectivity index (χ3n) is 1.75. The summed E-state index contributed by atoms with van der Waals surface area (Å²) in [5, 5.41) is 9.81. The summed E-state index contributed by atoms with van der Waals surface area (Å²) in [4.78, 5) is 3.08. The maximum Gasteiger partial charge on any atom is 0.0999 e. The Kier molecular flexibility index (Phi) is 1.77. The lowest BCUT2D eigenvalue weighted by atomic mass is 10.1. The number of H-pyrrole nitrogens is 1. The van der Waals surface area contributed by atoms with Crippen LogP contribution in [0.1, 0.15) is 5.56 Å². The van der Waals surface area contributed by atoms with Crippen LogP contribution in [0.25, 0.3) is 10.9 Å². The molecular weight excluding hydrogens is 263 g/mol. The summed E-state index contributed by atoms with van der Waals surface area (Å²) in [7, 11) is 0. The first-order valence-corrected chi connectivity index (χ1v) is 4.56. The number of hydrogen-bond acceptors (Lipinski definition) is 1. The molecule has 12 heavy (non-hydrogen) atoms. The number of nitrogens with one attached hydrogen (secondary N) is 1. The molecule has 0 aliphatic heterocycles. The van der Waals surface area contributed by atoms with Crippen molar-refractivity contribution in [1.82, 2.24) is 4.98 Å². The fourth-order valence-electron chi connectivity index (χ4n) is 1.22. The molecule has 2 nitrogen and oxygen atoms in total. The molecular formula is C9H5IN2. The normalized spacial score (nSPS) is 10.0. The summed E-state index contributed by atoms with van der Waals surface area (Å²) in [6.45, 7) is 0. The fourth-order valence-corrected chi connectivity index (χ4v) is 1.85. The molecule has 3 heteroatoms. The Bertz CT molecular complexity index is 465. The molecule has 1 aromatic carbocycles. The van der Waals surface area contributed by atoms with Crippen molar-refractivity contribution in [2.75, 3.05) is 0 Å². The highest BCUT2D eigenvalue weighted by Crippen LogP contribution is 2.20. The van der Waals surface area contributed by atoms with Crippen LogP contribution < -0.4 is 0 Å². The van der Waals surface area contributed by atoms with E-state index in [1.54, 1.807) is 0 Å². The monoisotopic (exact) mass is 268 g/mol. The maximum atomic E-state index is 8.81. The Labute approximate surface area is 83.3 Å². The minimum atomic E-state index is 0.734. The van der Waals surface area contributed by atoms with Gasteiger partial charge in [-0.1, -0.05) is 0 Å². The summed E-state index contributed by atoms with van der Waals surface area (Å²) in [5.74, 6) is 0. The average molecular weight is 268 g/mol. The van der Waals surface area contributed by atoms with E-state index in [0.29, 0.717) is 0 Å². The Morgan fingerprint density at radius 1 is 1.42 bits per heavy atom. The number of halogens is 1. The molecule has 0 radical (unpaired) electrons. The molecule has 0 saturated heterocycles. The van der Waals surface area contributed by atoms with E-state index in [1.807, 2.05) is 24.4 Å². The number of aromatic amines is 1. The minimum Gasteiger partial charge on any atom is -0.361 e. The molecule has 2 rings (SSSR count). The van der Waals surface area contributed by atoms with Gasteiger partial charge in [0, 0.05) is 20.7 Å². The summed E-state index contributed by atoms with van der Waals surface area (Å²) in [6, 6.07) is 8.00. The van der Waals surface area contributed by atoms with Gasteiger partial charge in [-0.15, -0.1) is 0 Å². The number of rotatable bonds is 0. The lowest BCUT2D eigenvalue weighted by Gasteiger charge is -1.94. The number of hydrogen-bond donors (Lipinski definition) is 1. The van der Waals surface area contributed by atoms with Gasteiger partial charge in [-0.2, -0.15) is 5.26 Å². The standard InChI is InChI=1S/C9H5IN2/c10-7-3-6(5-11)8-1-2-12-9(8)4-7/h1-4,12H. The highest BCUT2D eigenvalue weighted by molar-refractivity contribution is 14.1. The second kappa shape index (κ2) is 2.79. The molecule has 0 amide bonds. The SMILES string of the molecule is N#Cc1cc(I)cc2[nH]ccc12. The molecule has 58 valence electrons. The van der Waals surface area contributed by atoms with E-state index in [0.717, 1.165) is 20.0 Å². The van der Waals surface area contributed by atoms with Crippen LogP contribution in [0.2, 0.25) is 0 Å². The Morgan fingerprint density at radius 3 is 3.00 bits per heavy atom. The van der Waals surface area contributed by atoms with Crippen molar-refractivity contribution < 1.29 is 0 Å². The molecule has 0 unspecified atom stereocenters. The zero-order chi connectivity index (χ0) is 8.55. The van der Waals surface area contributed by atoms with Crippen molar-refractivity contribution in [3.05, 3.63) is 33.5 Å². The number of aromatic nitrogens is 1. The topological polar surface area (TPSA) is 39.6 Å². The first-order valence-electron chi connectivity index (χ1n) is 3.48. The summed E-state index contributed by atoms with van der Waals surface area (Å²) in [5.41, 5.74) is 1.76. The van der Waals surface area contributed by atoms with Crippen LogP contribution in [0.4, 0.5) is 0 Å². The molecule has 0 spiro atoms. The number of nitriles is 1. The molecule has 0 aliphatic rings. The van der Waals surface area contributed by atoms with Crippen molar-refractivity contribution in [3.63, 3.8) is 0 Å². The van der Waals surface area contributed by atoms with Crippen molar-refractivity contribution in [2.24, 2.45) is 0 Å². The Balaban J connectivity index is 2.91. The van der Waals surface area contributed by atoms with Gasteiger partial charge in [0.2, 0.25) is 0 Å². The third-order valence-corrected chi connectivity index (χ3v) is 2.38. The summed E-state index contributed by atoms with van der Waals surface area (Å²) >= 11 is 2.20. The molecule has 0 aliphatic carbocycles. The van der Waals surface area contributed by atoms with Gasteiger partial charge in [0.05, 0.1) is 11.6 Å². The van der Waals surface area contributed by atoms with E-state index in [2.05, 4.69) is 33.6 Å². The van der Waals surface area contributed by atoms with Crippen molar-refractivity contribution in [1.29, 1.82) is 5.26 Å². The van der Waals surface area contributed by atoms with Crippen LogP contribution >= 0.6 is 22.6 Å². The highest BCUT2D eigenvalue weighted by Gasteiger charge is 2.01. The van der Waals surface area contributed by atoms with E-state index in [-0.39, 0.29) is 0 Å². The molecule has 1 N–H and O–H groups in total. The highest BCUT2D eigenvalue weighted by atomic mass is 127. The van der Waals surface area contributed by atoms with Gasteiger partial charge in [0.25, 0.3) is 0 Å². The van der Waals surface area contributed by atoms with Gasteiger partial charge in [-0.3, -0.25) is 0 Å². The molecule has 0 saturated carbocycles. The zero-order valence-electron chi connectivity index (χ0n) is 6.13. The van der Waals surface area contributed by atoms with Crippen molar-refractivity contribution in [2.45, 2.75) is 0 Å². The zero-order valence-corrected chi connectivity index (χ0v) is 8.29. The quantitative estimate of drug-likeness (QED) is 0.733. The summed E-state index contributed by atoms with van der Waals surface area (Å²) < 4.78 is 1.08. The van der Waals surface area contributed by atoms with E-state index < -0.39 is 0 Å². The maximum absolute atomic E-state index is 8.81. The van der Waals surface area contributed by atoms with Gasteiger partial charge >= 0.3 is 0 Å². The second-order valence-electron chi connectivity index (χ2n) is 2.50. The van der Waals surface area contributed by atoms with E-state index in [1.165, 1.54) is 0 Å². The van der Waals surface area contributed by atoms with Gasteiger partial charge in [-0.05, 0) is 40.8 Å². The molecule has 2 aromatic rings. The predicted octanol–water partition coefficient (Wildman–Crippen LogP) is 2.64. The number of benzene rings is 1. The molecule has 0 fully saturated rings. The molecule has 0 atom stereocenters. The van der Waals surface area contributed by atoms with Gasteiger partial charge in [0.1, 0.15) is 0 Å². The van der Waals surface area contributed by atoms with Gasteiger partial charge in [-0.25, -0.2) is 0 Å². The van der Waals surface area contributed by atoms with Crippen molar-refractivity contribution >= 4 is 33.5 Å². The number of nitrogens with zero attached hydrogens (tertiary/aromatic N) is 1. The van der Waals surface area contributed by atoms with Crippen LogP contribution in [0, 0.1) is 14.9 Å². The minimum absolute atomic E-state index is 0.734. The van der Waals surface area contributed by atoms with Gasteiger partial charge < -0.3 is 4.98 Å². The summed E-state index contributed by atoms with van der Waals surface area (Å²) in [6.07, 6.45) is 1.85. The Morgan fingerprint density at radius 2 is 2.25 bits per heavy atom. The van der Waals surface area contributed by atoms with Crippen LogP contribution in [-0.4, -0.2) is 4.98 Å². The fraction of sp³-hybridized carbons (Fsp3) is 0. The predicted molar refractivity (Wildman–Crippen MR) is 55.7 cm³/mol. The van der Waals surface area contributed by atoms with Crippen LogP contribution in [-0.2, 0) is 0 Å². The first-order chi connectivity index (χ1) is 5.81. The van der Waals surface area contributed by atoms with Crippen molar-refractivity contribution in [3.8, 4) is 6.07 Å². The van der Waals surface area contributed by atoms with E-state index in [4.69, 9.17) is 5.26 Å². The molecule has 1 heterocycles. The third kappa shape index (κ3) is 1.08. The lowest BCUT2D eigenvalue weighted by molar-refractivity contribution is 1.46. The van der Waals surface area contributed by atoms with Gasteiger partial charge in [0.15, 0.2) is 0 Å². The molecule has 0 bridgehead atoms. The second-order valence-corrected chi connectivity index (χ2v) is 3.75. The smallest absolute Gasteiger partial charge is 0.0999 e. The lowest BCUT2D eigenvalue weighted by Crippen LogP contribution is -1.78. The van der Waals surface area contributed by atoms with Crippen LogP contribution in [0.3, 0.4) is 0 Å². The number of fused-ring (bicyclic) bond motifs is 1. The van der Waals surface area contributed by atoms with E-state index >= 15 is 0 Å². The largest absolute Gasteiger partial charge is 0.361 e. The Hall–Kier alpha value is -1.02.